The van der Waals surface area contributed by atoms with E-state index >= 15 is 0 Å². The second-order valence-corrected chi connectivity index (χ2v) is 8.32. The lowest BCUT2D eigenvalue weighted by atomic mass is 10.1. The molecule has 6 nitrogen and oxygen atoms in total. The lowest BCUT2D eigenvalue weighted by Gasteiger charge is -2.37. The first kappa shape index (κ1) is 21.6. The number of benzene rings is 1. The summed E-state index contributed by atoms with van der Waals surface area (Å²) < 4.78 is 10.6. The molecular formula is C22H31N3O3S. The summed E-state index contributed by atoms with van der Waals surface area (Å²) in [4.78, 5) is 18.8. The van der Waals surface area contributed by atoms with E-state index in [-0.39, 0.29) is 11.9 Å². The molecule has 1 aliphatic heterocycles. The predicted octanol–water partition coefficient (Wildman–Crippen LogP) is 2.63. The Morgan fingerprint density at radius 2 is 1.90 bits per heavy atom. The van der Waals surface area contributed by atoms with Crippen LogP contribution < -0.4 is 14.8 Å². The summed E-state index contributed by atoms with van der Waals surface area (Å²) in [7, 11) is 3.23. The normalized spacial score (nSPS) is 16.4. The summed E-state index contributed by atoms with van der Waals surface area (Å²) in [5.74, 6) is 1.42. The van der Waals surface area contributed by atoms with E-state index in [1.54, 1.807) is 14.2 Å². The first-order chi connectivity index (χ1) is 14.1. The van der Waals surface area contributed by atoms with Gasteiger partial charge in [0.15, 0.2) is 11.5 Å². The smallest absolute Gasteiger partial charge is 0.237 e. The molecule has 1 aromatic carbocycles. The van der Waals surface area contributed by atoms with Gasteiger partial charge in [0.25, 0.3) is 0 Å². The highest BCUT2D eigenvalue weighted by atomic mass is 32.1. The van der Waals surface area contributed by atoms with Gasteiger partial charge in [-0.25, -0.2) is 0 Å². The number of hydrogen-bond acceptors (Lipinski definition) is 6. The minimum absolute atomic E-state index is 0.0619. The zero-order valence-corrected chi connectivity index (χ0v) is 18.3. The van der Waals surface area contributed by atoms with Gasteiger partial charge in [0.1, 0.15) is 0 Å². The molecule has 1 atom stereocenters. The van der Waals surface area contributed by atoms with Gasteiger partial charge in [0, 0.05) is 44.1 Å². The number of carbonyl (C=O) groups is 1. The maximum absolute atomic E-state index is 12.6. The van der Waals surface area contributed by atoms with E-state index in [4.69, 9.17) is 9.47 Å². The van der Waals surface area contributed by atoms with Crippen LogP contribution in [0.2, 0.25) is 0 Å². The summed E-state index contributed by atoms with van der Waals surface area (Å²) in [6.45, 7) is 7.44. The van der Waals surface area contributed by atoms with Crippen molar-refractivity contribution in [2.75, 3.05) is 46.9 Å². The van der Waals surface area contributed by atoms with E-state index < -0.39 is 0 Å². The quantitative estimate of drug-likeness (QED) is 0.680. The molecule has 2 aromatic rings. The summed E-state index contributed by atoms with van der Waals surface area (Å²) in [6.07, 6.45) is 1.11. The van der Waals surface area contributed by atoms with Crippen LogP contribution in [0.4, 0.5) is 0 Å². The fourth-order valence-electron chi connectivity index (χ4n) is 3.59. The van der Waals surface area contributed by atoms with E-state index in [9.17, 15) is 4.79 Å². The van der Waals surface area contributed by atoms with Gasteiger partial charge in [-0.15, -0.1) is 11.3 Å². The molecule has 1 fully saturated rings. The summed E-state index contributed by atoms with van der Waals surface area (Å²) in [6, 6.07) is 9.88. The fourth-order valence-corrected chi connectivity index (χ4v) is 4.29. The van der Waals surface area contributed by atoms with Crippen LogP contribution in [0.3, 0.4) is 0 Å². The maximum atomic E-state index is 12.6. The average molecular weight is 418 g/mol. The van der Waals surface area contributed by atoms with E-state index in [0.717, 1.165) is 44.7 Å². The molecule has 2 heterocycles. The van der Waals surface area contributed by atoms with Crippen LogP contribution in [0.5, 0.6) is 11.5 Å². The van der Waals surface area contributed by atoms with Gasteiger partial charge in [-0.2, -0.15) is 0 Å². The van der Waals surface area contributed by atoms with Crippen LogP contribution in [0, 0.1) is 0 Å². The molecule has 1 unspecified atom stereocenters. The largest absolute Gasteiger partial charge is 0.493 e. The lowest BCUT2D eigenvalue weighted by molar-refractivity contribution is -0.126. The highest BCUT2D eigenvalue weighted by molar-refractivity contribution is 7.09. The van der Waals surface area contributed by atoms with Gasteiger partial charge in [-0.3, -0.25) is 9.69 Å². The van der Waals surface area contributed by atoms with Crippen LogP contribution in [0.15, 0.2) is 35.7 Å². The van der Waals surface area contributed by atoms with Crippen molar-refractivity contribution in [3.63, 3.8) is 0 Å². The molecule has 1 saturated heterocycles. The van der Waals surface area contributed by atoms with Crippen LogP contribution >= 0.6 is 11.3 Å². The van der Waals surface area contributed by atoms with Gasteiger partial charge in [0.2, 0.25) is 5.91 Å². The van der Waals surface area contributed by atoms with E-state index in [1.807, 2.05) is 36.5 Å². The summed E-state index contributed by atoms with van der Waals surface area (Å²) >= 11 is 1.82. The van der Waals surface area contributed by atoms with Crippen molar-refractivity contribution in [3.05, 3.63) is 46.2 Å². The zero-order chi connectivity index (χ0) is 20.6. The molecule has 1 aliphatic rings. The van der Waals surface area contributed by atoms with Crippen molar-refractivity contribution in [2.24, 2.45) is 0 Å². The Balaban J connectivity index is 1.42. The summed E-state index contributed by atoms with van der Waals surface area (Å²) in [5, 5.41) is 5.19. The number of thiophene rings is 1. The Labute approximate surface area is 177 Å². The highest BCUT2D eigenvalue weighted by Gasteiger charge is 2.25. The number of amides is 1. The molecule has 29 heavy (non-hydrogen) atoms. The number of nitrogens with zero attached hydrogens (tertiary/aromatic N) is 2. The van der Waals surface area contributed by atoms with Crippen LogP contribution in [0.1, 0.15) is 17.4 Å². The Kier molecular flexibility index (Phi) is 7.91. The SMILES string of the molecule is COc1ccc(CNC(=O)C(C)N2CCN(CCc3cccs3)CC2)cc1OC. The molecule has 0 aliphatic carbocycles. The monoisotopic (exact) mass is 417 g/mol. The van der Waals surface area contributed by atoms with Crippen LogP contribution in [-0.2, 0) is 17.8 Å². The fraction of sp³-hybridized carbons (Fsp3) is 0.500. The standard InChI is InChI=1S/C22H31N3O3S/c1-17(22(26)23-16-18-6-7-20(27-2)21(15-18)28-3)25-12-10-24(11-13-25)9-8-19-5-4-14-29-19/h4-7,14-15,17H,8-13,16H2,1-3H3,(H,23,26). The number of rotatable bonds is 9. The number of piperazine rings is 1. The Hall–Kier alpha value is -2.09. The highest BCUT2D eigenvalue weighted by Crippen LogP contribution is 2.27. The molecule has 3 rings (SSSR count). The number of carbonyl (C=O) groups excluding carboxylic acids is 1. The van der Waals surface area contributed by atoms with Gasteiger partial charge < -0.3 is 19.7 Å². The van der Waals surface area contributed by atoms with Crippen molar-refractivity contribution < 1.29 is 14.3 Å². The predicted molar refractivity (Wildman–Crippen MR) is 117 cm³/mol. The Bertz CT molecular complexity index is 774. The van der Waals surface area contributed by atoms with Crippen LogP contribution in [0.25, 0.3) is 0 Å². The minimum atomic E-state index is -0.130. The van der Waals surface area contributed by atoms with Gasteiger partial charge >= 0.3 is 0 Å². The molecule has 0 saturated carbocycles. The molecule has 1 amide bonds. The van der Waals surface area contributed by atoms with Crippen molar-refractivity contribution in [2.45, 2.75) is 25.9 Å². The molecular weight excluding hydrogens is 386 g/mol. The molecule has 0 radical (unpaired) electrons. The first-order valence-electron chi connectivity index (χ1n) is 10.1. The number of ether oxygens (including phenoxy) is 2. The van der Waals surface area contributed by atoms with E-state index in [0.29, 0.717) is 18.0 Å². The van der Waals surface area contributed by atoms with Crippen molar-refractivity contribution in [1.82, 2.24) is 15.1 Å². The van der Waals surface area contributed by atoms with Gasteiger partial charge in [0.05, 0.1) is 20.3 Å². The second kappa shape index (κ2) is 10.6. The first-order valence-corrected chi connectivity index (χ1v) is 11.0. The third kappa shape index (κ3) is 5.95. The van der Waals surface area contributed by atoms with Crippen molar-refractivity contribution in [1.29, 1.82) is 0 Å². The van der Waals surface area contributed by atoms with Crippen LogP contribution in [-0.4, -0.2) is 68.7 Å². The zero-order valence-electron chi connectivity index (χ0n) is 17.5. The topological polar surface area (TPSA) is 54.0 Å². The summed E-state index contributed by atoms with van der Waals surface area (Å²) in [5.41, 5.74) is 0.988. The van der Waals surface area contributed by atoms with Crippen molar-refractivity contribution in [3.8, 4) is 11.5 Å². The minimum Gasteiger partial charge on any atom is -0.493 e. The average Bonchev–Trinajstić information content (AvgIpc) is 3.29. The third-order valence-electron chi connectivity index (χ3n) is 5.50. The van der Waals surface area contributed by atoms with Crippen molar-refractivity contribution >= 4 is 17.2 Å². The molecule has 0 bridgehead atoms. The number of nitrogens with one attached hydrogen (secondary N) is 1. The van der Waals surface area contributed by atoms with E-state index in [1.165, 1.54) is 4.88 Å². The van der Waals surface area contributed by atoms with Gasteiger partial charge in [-0.05, 0) is 42.5 Å². The lowest BCUT2D eigenvalue weighted by Crippen LogP contribution is -2.54. The Morgan fingerprint density at radius 3 is 2.55 bits per heavy atom. The molecule has 1 N–H and O–H groups in total. The number of hydrogen-bond donors (Lipinski definition) is 1. The maximum Gasteiger partial charge on any atom is 0.237 e. The third-order valence-corrected chi connectivity index (χ3v) is 6.44. The number of methoxy groups -OCH3 is 2. The second-order valence-electron chi connectivity index (χ2n) is 7.29. The molecule has 1 aromatic heterocycles. The Morgan fingerprint density at radius 1 is 1.14 bits per heavy atom. The molecule has 7 heteroatoms. The molecule has 158 valence electrons. The van der Waals surface area contributed by atoms with E-state index in [2.05, 4.69) is 32.6 Å². The molecule has 0 spiro atoms. The van der Waals surface area contributed by atoms with Gasteiger partial charge in [-0.1, -0.05) is 12.1 Å².